The average Bonchev–Trinajstić information content (AvgIpc) is 2.72. The molecule has 1 fully saturated rings. The van der Waals surface area contributed by atoms with Crippen LogP contribution in [-0.2, 0) is 9.53 Å². The fourth-order valence-corrected chi connectivity index (χ4v) is 3.36. The molecule has 0 radical (unpaired) electrons. The molecule has 1 saturated heterocycles. The number of hydrogen-bond acceptors (Lipinski definition) is 5. The number of carbonyl (C=O) groups is 3. The molecule has 1 aromatic carbocycles. The maximum absolute atomic E-state index is 12.4. The van der Waals surface area contributed by atoms with Gasteiger partial charge in [0.2, 0.25) is 5.91 Å². The van der Waals surface area contributed by atoms with Gasteiger partial charge >= 0.3 is 6.09 Å². The van der Waals surface area contributed by atoms with Crippen molar-refractivity contribution in [3.63, 3.8) is 0 Å². The van der Waals surface area contributed by atoms with Crippen LogP contribution in [-0.4, -0.2) is 54.6 Å². The van der Waals surface area contributed by atoms with Crippen molar-refractivity contribution in [2.75, 3.05) is 31.1 Å². The maximum Gasteiger partial charge on any atom is 0.410 e. The number of rotatable bonds is 5. The summed E-state index contributed by atoms with van der Waals surface area (Å²) in [5, 5.41) is 0. The molecule has 1 aliphatic heterocycles. The zero-order chi connectivity index (χ0) is 22.3. The molecule has 30 heavy (non-hydrogen) atoms. The summed E-state index contributed by atoms with van der Waals surface area (Å²) in [6.07, 6.45) is 0.696. The van der Waals surface area contributed by atoms with Crippen molar-refractivity contribution in [1.82, 2.24) is 15.8 Å². The molecule has 8 heteroatoms. The number of nitrogens with one attached hydrogen (secondary N) is 2. The molecule has 2 rings (SSSR count). The van der Waals surface area contributed by atoms with Crippen LogP contribution in [0.2, 0.25) is 0 Å². The molecule has 166 valence electrons. The molecular formula is C22H34N4O4. The summed E-state index contributed by atoms with van der Waals surface area (Å²) in [7, 11) is 0. The Morgan fingerprint density at radius 3 is 2.10 bits per heavy atom. The van der Waals surface area contributed by atoms with Crippen molar-refractivity contribution in [2.45, 2.75) is 53.1 Å². The fourth-order valence-electron chi connectivity index (χ4n) is 3.36. The van der Waals surface area contributed by atoms with Crippen LogP contribution < -0.4 is 15.8 Å². The van der Waals surface area contributed by atoms with Crippen molar-refractivity contribution in [1.29, 1.82) is 0 Å². The predicted octanol–water partition coefficient (Wildman–Crippen LogP) is 2.94. The highest BCUT2D eigenvalue weighted by Gasteiger charge is 2.30. The number of ether oxygens (including phenoxy) is 1. The van der Waals surface area contributed by atoms with Gasteiger partial charge in [0.25, 0.3) is 5.91 Å². The lowest BCUT2D eigenvalue weighted by atomic mass is 9.96. The molecule has 1 aliphatic rings. The van der Waals surface area contributed by atoms with Gasteiger partial charge in [-0.25, -0.2) is 4.79 Å². The maximum atomic E-state index is 12.4. The highest BCUT2D eigenvalue weighted by molar-refractivity contribution is 5.95. The largest absolute Gasteiger partial charge is 0.444 e. The fraction of sp³-hybridized carbons (Fsp3) is 0.591. The van der Waals surface area contributed by atoms with Gasteiger partial charge in [0.1, 0.15) is 5.60 Å². The lowest BCUT2D eigenvalue weighted by Gasteiger charge is -2.32. The minimum absolute atomic E-state index is 0.244. The topological polar surface area (TPSA) is 91.0 Å². The second-order valence-electron chi connectivity index (χ2n) is 8.40. The molecule has 1 heterocycles. The summed E-state index contributed by atoms with van der Waals surface area (Å²) in [6.45, 7) is 12.3. The van der Waals surface area contributed by atoms with Gasteiger partial charge in [0.15, 0.2) is 0 Å². The Hall–Kier alpha value is -2.77. The van der Waals surface area contributed by atoms with Crippen LogP contribution in [0.15, 0.2) is 24.3 Å². The van der Waals surface area contributed by atoms with E-state index in [0.717, 1.165) is 18.8 Å². The minimum Gasteiger partial charge on any atom is -0.444 e. The standard InChI is InChI=1S/C22H34N4O4/c1-6-25(7-2)18-10-8-16(9-11-18)19(27)23-24-20(28)17-12-14-26(15-13-17)21(29)30-22(3,4)5/h8-11,17H,6-7,12-15H2,1-5H3,(H,23,27)(H,24,28). The number of nitrogens with zero attached hydrogens (tertiary/aromatic N) is 2. The van der Waals surface area contributed by atoms with Gasteiger partial charge in [-0.1, -0.05) is 0 Å². The summed E-state index contributed by atoms with van der Waals surface area (Å²) < 4.78 is 5.36. The van der Waals surface area contributed by atoms with Crippen LogP contribution in [0.5, 0.6) is 0 Å². The van der Waals surface area contributed by atoms with E-state index in [9.17, 15) is 14.4 Å². The van der Waals surface area contributed by atoms with Crippen molar-refractivity contribution >= 4 is 23.6 Å². The van der Waals surface area contributed by atoms with E-state index in [2.05, 4.69) is 29.6 Å². The van der Waals surface area contributed by atoms with E-state index in [0.29, 0.717) is 31.5 Å². The number of hydrazine groups is 1. The van der Waals surface area contributed by atoms with Crippen LogP contribution in [0.1, 0.15) is 57.8 Å². The third-order valence-corrected chi connectivity index (χ3v) is 5.07. The molecule has 1 aromatic rings. The van der Waals surface area contributed by atoms with Gasteiger partial charge in [-0.2, -0.15) is 0 Å². The predicted molar refractivity (Wildman–Crippen MR) is 116 cm³/mol. The van der Waals surface area contributed by atoms with Gasteiger partial charge in [0.05, 0.1) is 0 Å². The lowest BCUT2D eigenvalue weighted by molar-refractivity contribution is -0.127. The van der Waals surface area contributed by atoms with Crippen molar-refractivity contribution in [3.8, 4) is 0 Å². The quantitative estimate of drug-likeness (QED) is 0.718. The molecule has 0 aliphatic carbocycles. The monoisotopic (exact) mass is 418 g/mol. The van der Waals surface area contributed by atoms with E-state index in [1.54, 1.807) is 17.0 Å². The van der Waals surface area contributed by atoms with E-state index in [1.807, 2.05) is 32.9 Å². The van der Waals surface area contributed by atoms with Crippen LogP contribution in [0.25, 0.3) is 0 Å². The SMILES string of the molecule is CCN(CC)c1ccc(C(=O)NNC(=O)C2CCN(C(=O)OC(C)(C)C)CC2)cc1. The summed E-state index contributed by atoms with van der Waals surface area (Å²) in [6, 6.07) is 7.29. The normalized spacial score (nSPS) is 14.8. The number of piperidine rings is 1. The molecule has 0 saturated carbocycles. The van der Waals surface area contributed by atoms with Gasteiger partial charge in [-0.3, -0.25) is 20.4 Å². The number of amides is 3. The first-order chi connectivity index (χ1) is 14.1. The first kappa shape index (κ1) is 23.5. The van der Waals surface area contributed by atoms with E-state index in [1.165, 1.54) is 0 Å². The number of benzene rings is 1. The molecule has 2 N–H and O–H groups in total. The molecule has 3 amide bonds. The zero-order valence-electron chi connectivity index (χ0n) is 18.7. The van der Waals surface area contributed by atoms with Gasteiger partial charge < -0.3 is 14.5 Å². The van der Waals surface area contributed by atoms with Crippen LogP contribution >= 0.6 is 0 Å². The molecule has 0 bridgehead atoms. The van der Waals surface area contributed by atoms with E-state index >= 15 is 0 Å². The second-order valence-corrected chi connectivity index (χ2v) is 8.40. The van der Waals surface area contributed by atoms with Gasteiger partial charge in [-0.05, 0) is 71.7 Å². The highest BCUT2D eigenvalue weighted by atomic mass is 16.6. The summed E-state index contributed by atoms with van der Waals surface area (Å²) in [4.78, 5) is 40.6. The van der Waals surface area contributed by atoms with E-state index in [4.69, 9.17) is 4.74 Å². The Bertz CT molecular complexity index is 730. The number of anilines is 1. The Balaban J connectivity index is 1.79. The summed E-state index contributed by atoms with van der Waals surface area (Å²) in [5.74, 6) is -0.860. The Kier molecular flexibility index (Phi) is 8.08. The second kappa shape index (κ2) is 10.3. The van der Waals surface area contributed by atoms with Crippen molar-refractivity contribution < 1.29 is 19.1 Å². The molecule has 8 nitrogen and oxygen atoms in total. The molecule has 0 unspecified atom stereocenters. The third-order valence-electron chi connectivity index (χ3n) is 5.07. The Morgan fingerprint density at radius 2 is 1.60 bits per heavy atom. The molecular weight excluding hydrogens is 384 g/mol. The first-order valence-electron chi connectivity index (χ1n) is 10.6. The van der Waals surface area contributed by atoms with Gasteiger partial charge in [0, 0.05) is 43.3 Å². The van der Waals surface area contributed by atoms with Crippen LogP contribution in [0.4, 0.5) is 10.5 Å². The molecule has 0 aromatic heterocycles. The lowest BCUT2D eigenvalue weighted by Crippen LogP contribution is -2.48. The molecule has 0 atom stereocenters. The smallest absolute Gasteiger partial charge is 0.410 e. The Labute approximate surface area is 178 Å². The zero-order valence-corrected chi connectivity index (χ0v) is 18.7. The summed E-state index contributed by atoms with van der Waals surface area (Å²) >= 11 is 0. The third kappa shape index (κ3) is 6.64. The highest BCUT2D eigenvalue weighted by Crippen LogP contribution is 2.20. The van der Waals surface area contributed by atoms with Gasteiger partial charge in [-0.15, -0.1) is 0 Å². The first-order valence-corrected chi connectivity index (χ1v) is 10.6. The van der Waals surface area contributed by atoms with Crippen LogP contribution in [0.3, 0.4) is 0 Å². The Morgan fingerprint density at radius 1 is 1.03 bits per heavy atom. The average molecular weight is 419 g/mol. The molecule has 0 spiro atoms. The minimum atomic E-state index is -0.543. The summed E-state index contributed by atoms with van der Waals surface area (Å²) in [5.41, 5.74) is 5.98. The number of likely N-dealkylation sites (tertiary alicyclic amines) is 1. The number of hydrogen-bond donors (Lipinski definition) is 2. The van der Waals surface area contributed by atoms with Crippen LogP contribution in [0, 0.1) is 5.92 Å². The van der Waals surface area contributed by atoms with E-state index in [-0.39, 0.29) is 23.8 Å². The van der Waals surface area contributed by atoms with Crippen molar-refractivity contribution in [3.05, 3.63) is 29.8 Å². The van der Waals surface area contributed by atoms with E-state index < -0.39 is 5.60 Å². The number of carbonyl (C=O) groups excluding carboxylic acids is 3. The van der Waals surface area contributed by atoms with Crippen molar-refractivity contribution in [2.24, 2.45) is 5.92 Å².